The third kappa shape index (κ3) is 4.62. The maximum atomic E-state index is 12.2. The lowest BCUT2D eigenvalue weighted by molar-refractivity contribution is -0.119. The van der Waals surface area contributed by atoms with Crippen molar-refractivity contribution < 1.29 is 14.3 Å². The van der Waals surface area contributed by atoms with Crippen molar-refractivity contribution in [3.05, 3.63) is 68.8 Å². The van der Waals surface area contributed by atoms with E-state index in [1.54, 1.807) is 13.3 Å². The van der Waals surface area contributed by atoms with Crippen molar-refractivity contribution in [2.45, 2.75) is 25.9 Å². The molecule has 1 aliphatic heterocycles. The number of halogens is 1. The van der Waals surface area contributed by atoms with E-state index < -0.39 is 0 Å². The largest absolute Gasteiger partial charge is 0.495 e. The highest BCUT2D eigenvalue weighted by Crippen LogP contribution is 2.45. The van der Waals surface area contributed by atoms with Gasteiger partial charge < -0.3 is 30.0 Å². The number of aryl methyl sites for hydroxylation is 2. The molecule has 0 radical (unpaired) electrons. The van der Waals surface area contributed by atoms with E-state index >= 15 is 0 Å². The number of thiocarbonyl (C=S) groups is 1. The van der Waals surface area contributed by atoms with E-state index in [1.165, 1.54) is 7.11 Å². The summed E-state index contributed by atoms with van der Waals surface area (Å²) in [5.41, 5.74) is 5.60. The van der Waals surface area contributed by atoms with E-state index in [1.807, 2.05) is 36.4 Å². The zero-order chi connectivity index (χ0) is 24.4. The second-order valence-electron chi connectivity index (χ2n) is 7.97. The van der Waals surface area contributed by atoms with Crippen LogP contribution in [-0.4, -0.2) is 41.8 Å². The number of carbonyl (C=O) groups excluding carboxylic acids is 1. The molecule has 10 heteroatoms. The number of hydrogen-bond donors (Lipinski definition) is 3. The zero-order valence-corrected chi connectivity index (χ0v) is 22.3. The number of carbonyl (C=O) groups is 1. The van der Waals surface area contributed by atoms with Crippen LogP contribution in [0.15, 0.2) is 42.6 Å². The SMILES string of the molecule is COCC(=O)Nc1cc(N2C(=S)N[C@@H](c3ccccn3)[C@H]2c2c(C)[nH]c(C)c2I)ccc1OC. The Hall–Kier alpha value is -2.70. The standard InChI is InChI=1S/C24H26IN5O3S/c1-13-20(21(25)14(2)27-13)23-22(16-7-5-6-10-26-16)29-24(34)30(23)15-8-9-18(33-4)17(11-15)28-19(31)12-32-3/h5-11,22-23,27H,12H2,1-4H3,(H,28,31)(H,29,34)/t22-,23+/m0/s1. The first-order chi connectivity index (χ1) is 16.3. The Morgan fingerprint density at radius 1 is 1.24 bits per heavy atom. The minimum atomic E-state index is -0.269. The fraction of sp³-hybridized carbons (Fsp3) is 0.292. The molecule has 1 saturated heterocycles. The Morgan fingerprint density at radius 3 is 2.65 bits per heavy atom. The highest BCUT2D eigenvalue weighted by atomic mass is 127. The number of H-pyrrole nitrogens is 1. The normalized spacial score (nSPS) is 17.6. The van der Waals surface area contributed by atoms with Crippen LogP contribution in [0.25, 0.3) is 0 Å². The topological polar surface area (TPSA) is 91.5 Å². The lowest BCUT2D eigenvalue weighted by atomic mass is 9.96. The average Bonchev–Trinajstić information content (AvgIpc) is 3.28. The molecule has 1 aliphatic rings. The van der Waals surface area contributed by atoms with Crippen molar-refractivity contribution in [2.24, 2.45) is 0 Å². The van der Waals surface area contributed by atoms with Crippen LogP contribution in [0.5, 0.6) is 5.75 Å². The van der Waals surface area contributed by atoms with Crippen molar-refractivity contribution in [1.82, 2.24) is 15.3 Å². The summed E-state index contributed by atoms with van der Waals surface area (Å²) >= 11 is 8.22. The number of amides is 1. The van der Waals surface area contributed by atoms with E-state index in [0.717, 1.165) is 31.9 Å². The van der Waals surface area contributed by atoms with Crippen LogP contribution < -0.4 is 20.3 Å². The molecular weight excluding hydrogens is 565 g/mol. The van der Waals surface area contributed by atoms with E-state index in [4.69, 9.17) is 21.7 Å². The summed E-state index contributed by atoms with van der Waals surface area (Å²) in [6.45, 7) is 4.08. The van der Waals surface area contributed by atoms with Gasteiger partial charge in [-0.1, -0.05) is 6.07 Å². The first-order valence-corrected chi connectivity index (χ1v) is 12.2. The zero-order valence-electron chi connectivity index (χ0n) is 19.3. The van der Waals surface area contributed by atoms with Crippen LogP contribution >= 0.6 is 34.8 Å². The predicted molar refractivity (Wildman–Crippen MR) is 144 cm³/mol. The fourth-order valence-electron chi connectivity index (χ4n) is 4.31. The summed E-state index contributed by atoms with van der Waals surface area (Å²) in [7, 11) is 3.05. The highest BCUT2D eigenvalue weighted by Gasteiger charge is 2.43. The van der Waals surface area contributed by atoms with E-state index in [0.29, 0.717) is 16.5 Å². The monoisotopic (exact) mass is 591 g/mol. The summed E-state index contributed by atoms with van der Waals surface area (Å²) < 4.78 is 11.6. The third-order valence-electron chi connectivity index (χ3n) is 5.75. The molecule has 0 aliphatic carbocycles. The lowest BCUT2D eigenvalue weighted by Gasteiger charge is -2.29. The summed E-state index contributed by atoms with van der Waals surface area (Å²) in [6, 6.07) is 11.2. The van der Waals surface area contributed by atoms with Crippen molar-refractivity contribution >= 4 is 57.2 Å². The molecule has 3 heterocycles. The number of rotatable bonds is 7. The molecule has 1 amide bonds. The van der Waals surface area contributed by atoms with Gasteiger partial charge in [-0.3, -0.25) is 9.78 Å². The molecule has 3 aromatic rings. The second kappa shape index (κ2) is 10.3. The number of methoxy groups -OCH3 is 2. The maximum Gasteiger partial charge on any atom is 0.250 e. The molecule has 1 fully saturated rings. The summed E-state index contributed by atoms with van der Waals surface area (Å²) in [6.07, 6.45) is 1.79. The van der Waals surface area contributed by atoms with E-state index in [-0.39, 0.29) is 24.6 Å². The molecule has 34 heavy (non-hydrogen) atoms. The highest BCUT2D eigenvalue weighted by molar-refractivity contribution is 14.1. The van der Waals surface area contributed by atoms with Gasteiger partial charge in [0.15, 0.2) is 5.11 Å². The number of nitrogens with one attached hydrogen (secondary N) is 3. The number of ether oxygens (including phenoxy) is 2. The number of nitrogens with zero attached hydrogens (tertiary/aromatic N) is 2. The Balaban J connectivity index is 1.84. The van der Waals surface area contributed by atoms with Gasteiger partial charge >= 0.3 is 0 Å². The molecular formula is C24H26IN5O3S. The number of anilines is 2. The van der Waals surface area contributed by atoms with Crippen LogP contribution in [0.3, 0.4) is 0 Å². The van der Waals surface area contributed by atoms with Gasteiger partial charge in [0.2, 0.25) is 5.91 Å². The fourth-order valence-corrected chi connectivity index (χ4v) is 5.51. The molecule has 0 saturated carbocycles. The van der Waals surface area contributed by atoms with Gasteiger partial charge in [0.25, 0.3) is 0 Å². The Kier molecular flexibility index (Phi) is 7.39. The van der Waals surface area contributed by atoms with Crippen molar-refractivity contribution in [2.75, 3.05) is 31.0 Å². The number of aromatic nitrogens is 2. The molecule has 3 N–H and O–H groups in total. The number of pyridine rings is 1. The number of aromatic amines is 1. The van der Waals surface area contributed by atoms with Crippen LogP contribution in [-0.2, 0) is 9.53 Å². The molecule has 8 nitrogen and oxygen atoms in total. The molecule has 0 unspecified atom stereocenters. The van der Waals surface area contributed by atoms with Crippen molar-refractivity contribution in [1.29, 1.82) is 0 Å². The van der Waals surface area contributed by atoms with Crippen molar-refractivity contribution in [3.8, 4) is 5.75 Å². The van der Waals surface area contributed by atoms with Gasteiger partial charge in [-0.25, -0.2) is 0 Å². The molecule has 178 valence electrons. The Morgan fingerprint density at radius 2 is 2.03 bits per heavy atom. The molecule has 2 atom stereocenters. The van der Waals surface area contributed by atoms with Gasteiger partial charge in [-0.15, -0.1) is 0 Å². The summed E-state index contributed by atoms with van der Waals surface area (Å²) in [5.74, 6) is 0.280. The van der Waals surface area contributed by atoms with E-state index in [2.05, 4.69) is 61.9 Å². The quantitative estimate of drug-likeness (QED) is 0.277. The Labute approximate surface area is 217 Å². The van der Waals surface area contributed by atoms with Gasteiger partial charge in [-0.2, -0.15) is 0 Å². The van der Waals surface area contributed by atoms with Gasteiger partial charge in [0.1, 0.15) is 12.4 Å². The van der Waals surface area contributed by atoms with Crippen LogP contribution in [0.4, 0.5) is 11.4 Å². The van der Waals surface area contributed by atoms with Crippen LogP contribution in [0, 0.1) is 17.4 Å². The maximum absolute atomic E-state index is 12.2. The van der Waals surface area contributed by atoms with Gasteiger partial charge in [-0.05, 0) is 79.0 Å². The van der Waals surface area contributed by atoms with Gasteiger partial charge in [0.05, 0.1) is 30.6 Å². The van der Waals surface area contributed by atoms with Gasteiger partial charge in [0, 0.05) is 39.5 Å². The molecule has 2 aromatic heterocycles. The van der Waals surface area contributed by atoms with Crippen LogP contribution in [0.2, 0.25) is 0 Å². The average molecular weight is 591 g/mol. The van der Waals surface area contributed by atoms with E-state index in [9.17, 15) is 4.79 Å². The smallest absolute Gasteiger partial charge is 0.250 e. The lowest BCUT2D eigenvalue weighted by Crippen LogP contribution is -2.30. The summed E-state index contributed by atoms with van der Waals surface area (Å²) in [4.78, 5) is 22.4. The van der Waals surface area contributed by atoms with Crippen LogP contribution in [0.1, 0.15) is 34.7 Å². The minimum Gasteiger partial charge on any atom is -0.495 e. The molecule has 0 bridgehead atoms. The number of benzene rings is 1. The predicted octanol–water partition coefficient (Wildman–Crippen LogP) is 4.40. The third-order valence-corrected chi connectivity index (χ3v) is 7.45. The molecule has 1 aromatic carbocycles. The van der Waals surface area contributed by atoms with Crippen molar-refractivity contribution in [3.63, 3.8) is 0 Å². The first-order valence-electron chi connectivity index (χ1n) is 10.7. The first kappa shape index (κ1) is 24.4. The molecule has 0 spiro atoms. The molecule has 4 rings (SSSR count). The number of hydrogen-bond acceptors (Lipinski definition) is 5. The summed E-state index contributed by atoms with van der Waals surface area (Å²) in [5, 5.41) is 6.92. The Bertz CT molecular complexity index is 1220. The minimum absolute atomic E-state index is 0.0541. The second-order valence-corrected chi connectivity index (χ2v) is 9.43.